The van der Waals surface area contributed by atoms with Gasteiger partial charge in [0.1, 0.15) is 5.58 Å². The molecule has 1 aromatic heterocycles. The van der Waals surface area contributed by atoms with Crippen molar-refractivity contribution in [3.05, 3.63) is 70.5 Å². The Bertz CT molecular complexity index is 1210. The first-order valence-corrected chi connectivity index (χ1v) is 12.8. The Hall–Kier alpha value is -2.67. The molecule has 2 saturated heterocycles. The van der Waals surface area contributed by atoms with E-state index in [1.807, 2.05) is 29.2 Å². The van der Waals surface area contributed by atoms with Crippen molar-refractivity contribution in [2.45, 2.75) is 45.3 Å². The molecule has 5 rings (SSSR count). The zero-order valence-corrected chi connectivity index (χ0v) is 21.2. The molecule has 6 heteroatoms. The lowest BCUT2D eigenvalue weighted by molar-refractivity contribution is -0.0276. The average Bonchev–Trinajstić information content (AvgIpc) is 3.15. The number of aryl methyl sites for hydroxylation is 2. The lowest BCUT2D eigenvalue weighted by atomic mass is 9.84. The number of fused-ring (bicyclic) bond motifs is 1. The van der Waals surface area contributed by atoms with Gasteiger partial charge in [-0.2, -0.15) is 0 Å². The SMILES string of the molecule is Cc1ccc(CN2CCC(O)(c3ccc4oc(C(=O)N5CCCN(C)CC5)cc4c3)CC2)c(C)c1. The van der Waals surface area contributed by atoms with Crippen molar-refractivity contribution in [3.8, 4) is 0 Å². The normalized spacial score (nSPS) is 19.7. The number of rotatable bonds is 4. The van der Waals surface area contributed by atoms with E-state index in [1.54, 1.807) is 0 Å². The maximum atomic E-state index is 13.1. The van der Waals surface area contributed by atoms with Gasteiger partial charge in [0, 0.05) is 44.7 Å². The Kier molecular flexibility index (Phi) is 6.71. The van der Waals surface area contributed by atoms with Crippen LogP contribution >= 0.6 is 0 Å². The lowest BCUT2D eigenvalue weighted by Gasteiger charge is -2.38. The van der Waals surface area contributed by atoms with Crippen molar-refractivity contribution in [2.24, 2.45) is 0 Å². The number of amides is 1. The fourth-order valence-electron chi connectivity index (χ4n) is 5.48. The minimum absolute atomic E-state index is 0.0449. The van der Waals surface area contributed by atoms with Gasteiger partial charge in [-0.1, -0.05) is 29.8 Å². The van der Waals surface area contributed by atoms with Gasteiger partial charge in [0.25, 0.3) is 5.91 Å². The average molecular weight is 476 g/mol. The molecule has 0 aliphatic carbocycles. The van der Waals surface area contributed by atoms with Gasteiger partial charge in [-0.25, -0.2) is 0 Å². The smallest absolute Gasteiger partial charge is 0.289 e. The van der Waals surface area contributed by atoms with Crippen molar-refractivity contribution < 1.29 is 14.3 Å². The quantitative estimate of drug-likeness (QED) is 0.609. The van der Waals surface area contributed by atoms with Gasteiger partial charge in [-0.3, -0.25) is 9.69 Å². The zero-order valence-electron chi connectivity index (χ0n) is 21.2. The standard InChI is InChI=1S/C29H37N3O3/c1-21-5-6-23(22(2)17-21)20-31-13-9-29(34,10-14-31)25-7-8-26-24(18-25)19-27(35-26)28(33)32-12-4-11-30(3)15-16-32/h5-8,17-19,34H,4,9-16,20H2,1-3H3. The van der Waals surface area contributed by atoms with Gasteiger partial charge in [-0.05, 0) is 81.6 Å². The first-order chi connectivity index (χ1) is 16.8. The number of benzene rings is 2. The van der Waals surface area contributed by atoms with E-state index in [0.717, 1.165) is 63.2 Å². The maximum absolute atomic E-state index is 13.1. The number of nitrogens with zero attached hydrogens (tertiary/aromatic N) is 3. The summed E-state index contributed by atoms with van der Waals surface area (Å²) in [6, 6.07) is 14.3. The van der Waals surface area contributed by atoms with Crippen LogP contribution in [0.1, 0.15) is 52.1 Å². The van der Waals surface area contributed by atoms with Crippen LogP contribution in [-0.4, -0.2) is 72.0 Å². The number of hydrogen-bond acceptors (Lipinski definition) is 5. The Morgan fingerprint density at radius 1 is 0.971 bits per heavy atom. The minimum atomic E-state index is -0.857. The summed E-state index contributed by atoms with van der Waals surface area (Å²) in [4.78, 5) is 19.6. The molecule has 186 valence electrons. The molecule has 2 aliphatic rings. The van der Waals surface area contributed by atoms with Crippen LogP contribution < -0.4 is 0 Å². The monoisotopic (exact) mass is 475 g/mol. The second kappa shape index (κ2) is 9.76. The number of aliphatic hydroxyl groups is 1. The summed E-state index contributed by atoms with van der Waals surface area (Å²) in [5.41, 5.74) is 4.72. The molecular formula is C29H37N3O3. The number of hydrogen-bond donors (Lipinski definition) is 1. The maximum Gasteiger partial charge on any atom is 0.289 e. The molecule has 3 aromatic rings. The van der Waals surface area contributed by atoms with E-state index in [4.69, 9.17) is 4.42 Å². The molecule has 35 heavy (non-hydrogen) atoms. The Morgan fingerprint density at radius 3 is 2.54 bits per heavy atom. The van der Waals surface area contributed by atoms with Crippen molar-refractivity contribution in [2.75, 3.05) is 46.3 Å². The van der Waals surface area contributed by atoms with Crippen molar-refractivity contribution in [3.63, 3.8) is 0 Å². The van der Waals surface area contributed by atoms with Gasteiger partial charge < -0.3 is 19.3 Å². The summed E-state index contributed by atoms with van der Waals surface area (Å²) < 4.78 is 5.93. The van der Waals surface area contributed by atoms with Crippen LogP contribution in [0.4, 0.5) is 0 Å². The molecule has 6 nitrogen and oxygen atoms in total. The number of carbonyl (C=O) groups is 1. The number of likely N-dealkylation sites (tertiary alicyclic amines) is 1. The van der Waals surface area contributed by atoms with Crippen molar-refractivity contribution in [1.82, 2.24) is 14.7 Å². The third-order valence-corrected chi connectivity index (χ3v) is 7.85. The first kappa shape index (κ1) is 24.0. The van der Waals surface area contributed by atoms with Gasteiger partial charge in [0.2, 0.25) is 0 Å². The van der Waals surface area contributed by atoms with Crippen LogP contribution in [0, 0.1) is 13.8 Å². The number of piperidine rings is 1. The number of carbonyl (C=O) groups excluding carboxylic acids is 1. The molecule has 0 saturated carbocycles. The second-order valence-corrected chi connectivity index (χ2v) is 10.5. The van der Waals surface area contributed by atoms with Gasteiger partial charge in [-0.15, -0.1) is 0 Å². The molecule has 1 N–H and O–H groups in total. The molecule has 0 atom stereocenters. The summed E-state index contributed by atoms with van der Waals surface area (Å²) in [5.74, 6) is 0.341. The predicted octanol–water partition coefficient (Wildman–Crippen LogP) is 4.31. The summed E-state index contributed by atoms with van der Waals surface area (Å²) in [5, 5.41) is 12.4. The van der Waals surface area contributed by atoms with Crippen LogP contribution in [-0.2, 0) is 12.1 Å². The van der Waals surface area contributed by atoms with Crippen molar-refractivity contribution >= 4 is 16.9 Å². The molecule has 1 amide bonds. The second-order valence-electron chi connectivity index (χ2n) is 10.5. The molecule has 3 heterocycles. The van der Waals surface area contributed by atoms with Gasteiger partial charge >= 0.3 is 0 Å². The van der Waals surface area contributed by atoms with E-state index in [-0.39, 0.29) is 5.91 Å². The van der Waals surface area contributed by atoms with Crippen LogP contribution in [0.15, 0.2) is 46.9 Å². The molecule has 0 bridgehead atoms. The van der Waals surface area contributed by atoms with Crippen LogP contribution in [0.2, 0.25) is 0 Å². The summed E-state index contributed by atoms with van der Waals surface area (Å²) >= 11 is 0. The van der Waals surface area contributed by atoms with Gasteiger partial charge in [0.15, 0.2) is 5.76 Å². The highest BCUT2D eigenvalue weighted by Gasteiger charge is 2.34. The largest absolute Gasteiger partial charge is 0.451 e. The molecular weight excluding hydrogens is 438 g/mol. The molecule has 0 unspecified atom stereocenters. The van der Waals surface area contributed by atoms with Crippen LogP contribution in [0.3, 0.4) is 0 Å². The minimum Gasteiger partial charge on any atom is -0.451 e. The fourth-order valence-corrected chi connectivity index (χ4v) is 5.48. The van der Waals surface area contributed by atoms with Gasteiger partial charge in [0.05, 0.1) is 5.60 Å². The third-order valence-electron chi connectivity index (χ3n) is 7.85. The topological polar surface area (TPSA) is 60.2 Å². The highest BCUT2D eigenvalue weighted by Crippen LogP contribution is 2.35. The van der Waals surface area contributed by atoms with E-state index in [2.05, 4.69) is 48.9 Å². The molecule has 2 aliphatic heterocycles. The zero-order chi connectivity index (χ0) is 24.6. The number of likely N-dealkylation sites (N-methyl/N-ethyl adjacent to an activating group) is 1. The predicted molar refractivity (Wildman–Crippen MR) is 139 cm³/mol. The summed E-state index contributed by atoms with van der Waals surface area (Å²) in [6.45, 7) is 10.3. The van der Waals surface area contributed by atoms with Crippen LogP contribution in [0.25, 0.3) is 11.0 Å². The summed E-state index contributed by atoms with van der Waals surface area (Å²) in [7, 11) is 2.09. The highest BCUT2D eigenvalue weighted by atomic mass is 16.3. The third kappa shape index (κ3) is 5.15. The lowest BCUT2D eigenvalue weighted by Crippen LogP contribution is -2.42. The van der Waals surface area contributed by atoms with Crippen molar-refractivity contribution in [1.29, 1.82) is 0 Å². The molecule has 0 radical (unpaired) electrons. The van der Waals surface area contributed by atoms with E-state index < -0.39 is 5.60 Å². The Labute approximate surface area is 208 Å². The number of furan rings is 1. The van der Waals surface area contributed by atoms with E-state index in [0.29, 0.717) is 24.2 Å². The van der Waals surface area contributed by atoms with E-state index in [1.165, 1.54) is 16.7 Å². The summed E-state index contributed by atoms with van der Waals surface area (Å²) in [6.07, 6.45) is 2.35. The van der Waals surface area contributed by atoms with E-state index >= 15 is 0 Å². The van der Waals surface area contributed by atoms with Crippen LogP contribution in [0.5, 0.6) is 0 Å². The Morgan fingerprint density at radius 2 is 1.77 bits per heavy atom. The highest BCUT2D eigenvalue weighted by molar-refractivity contribution is 5.96. The van der Waals surface area contributed by atoms with E-state index in [9.17, 15) is 9.90 Å². The Balaban J connectivity index is 1.27. The molecule has 2 aromatic carbocycles. The fraction of sp³-hybridized carbons (Fsp3) is 0.483. The first-order valence-electron chi connectivity index (χ1n) is 12.8. The molecule has 0 spiro atoms. The molecule has 2 fully saturated rings.